The average molecular weight is 196 g/mol. The van der Waals surface area contributed by atoms with Crippen molar-refractivity contribution in [1.29, 1.82) is 0 Å². The fourth-order valence-corrected chi connectivity index (χ4v) is 1.17. The molecule has 4 heteroatoms. The molecule has 0 spiro atoms. The van der Waals surface area contributed by atoms with E-state index in [9.17, 15) is 0 Å². The summed E-state index contributed by atoms with van der Waals surface area (Å²) in [6, 6.07) is 1.96. The minimum absolute atomic E-state index is 0.524. The van der Waals surface area contributed by atoms with Crippen LogP contribution in [0.15, 0.2) is 12.3 Å². The number of aromatic nitrogens is 1. The van der Waals surface area contributed by atoms with Gasteiger partial charge in [-0.25, -0.2) is 10.9 Å². The smallest absolute Gasteiger partial charge is 0.215 e. The Morgan fingerprint density at radius 3 is 2.50 bits per heavy atom. The van der Waals surface area contributed by atoms with Crippen molar-refractivity contribution in [2.75, 3.05) is 7.11 Å². The van der Waals surface area contributed by atoms with Crippen molar-refractivity contribution in [3.8, 4) is 5.88 Å². The summed E-state index contributed by atoms with van der Waals surface area (Å²) in [5.74, 6) is 5.83. The van der Waals surface area contributed by atoms with E-state index in [1.54, 1.807) is 13.3 Å². The zero-order valence-electron chi connectivity index (χ0n) is 9.00. The van der Waals surface area contributed by atoms with E-state index in [1.165, 1.54) is 0 Å². The van der Waals surface area contributed by atoms with Gasteiger partial charge in [0.2, 0.25) is 5.88 Å². The number of pyridine rings is 1. The summed E-state index contributed by atoms with van der Waals surface area (Å²) in [7, 11) is 1.60. The van der Waals surface area contributed by atoms with Crippen molar-refractivity contribution in [1.82, 2.24) is 4.98 Å². The van der Waals surface area contributed by atoms with Crippen LogP contribution in [0.2, 0.25) is 0 Å². The van der Waals surface area contributed by atoms with Gasteiger partial charge in [-0.2, -0.15) is 0 Å². The van der Waals surface area contributed by atoms with E-state index >= 15 is 0 Å². The number of nitrogens with two attached hydrogens (primary N) is 1. The molecule has 0 bridgehead atoms. The summed E-state index contributed by atoms with van der Waals surface area (Å²) in [6.07, 6.45) is 1.71. The van der Waals surface area contributed by atoms with E-state index in [4.69, 9.17) is 15.5 Å². The fraction of sp³-hybridized carbons (Fsp3) is 0.500. The van der Waals surface area contributed by atoms with Gasteiger partial charge in [0.25, 0.3) is 0 Å². The Labute approximate surface area is 84.0 Å². The van der Waals surface area contributed by atoms with Gasteiger partial charge in [0.05, 0.1) is 7.11 Å². The standard InChI is InChI=1S/C10H16N2O2/c1-7-5-8(10(2,3)14-11)6-12-9(7)13-4/h5-6H,11H2,1-4H3. The first kappa shape index (κ1) is 10.9. The van der Waals surface area contributed by atoms with Gasteiger partial charge in [-0.3, -0.25) is 4.84 Å². The molecule has 78 valence electrons. The first-order valence-electron chi connectivity index (χ1n) is 4.40. The van der Waals surface area contributed by atoms with Crippen LogP contribution < -0.4 is 10.6 Å². The maximum absolute atomic E-state index is 5.20. The number of ether oxygens (including phenoxy) is 1. The predicted octanol–water partition coefficient (Wildman–Crippen LogP) is 1.52. The molecular formula is C10H16N2O2. The molecule has 1 heterocycles. The molecule has 0 radical (unpaired) electrons. The summed E-state index contributed by atoms with van der Waals surface area (Å²) in [5, 5.41) is 0. The fourth-order valence-electron chi connectivity index (χ4n) is 1.17. The normalized spacial score (nSPS) is 11.5. The minimum Gasteiger partial charge on any atom is -0.481 e. The summed E-state index contributed by atoms with van der Waals surface area (Å²) in [4.78, 5) is 9.02. The van der Waals surface area contributed by atoms with Crippen molar-refractivity contribution < 1.29 is 9.57 Å². The molecule has 1 aromatic rings. The van der Waals surface area contributed by atoms with Crippen LogP contribution in [-0.2, 0) is 10.4 Å². The number of hydrogen-bond donors (Lipinski definition) is 1. The van der Waals surface area contributed by atoms with Crippen LogP contribution in [0.3, 0.4) is 0 Å². The van der Waals surface area contributed by atoms with E-state index in [2.05, 4.69) is 4.98 Å². The van der Waals surface area contributed by atoms with Gasteiger partial charge in [0.1, 0.15) is 5.60 Å². The van der Waals surface area contributed by atoms with Crippen molar-refractivity contribution in [3.63, 3.8) is 0 Å². The molecule has 0 aromatic carbocycles. The highest BCUT2D eigenvalue weighted by Crippen LogP contribution is 2.25. The third-order valence-corrected chi connectivity index (χ3v) is 2.21. The van der Waals surface area contributed by atoms with Crippen molar-refractivity contribution in [2.24, 2.45) is 5.90 Å². The molecule has 0 fully saturated rings. The third-order valence-electron chi connectivity index (χ3n) is 2.21. The molecule has 14 heavy (non-hydrogen) atoms. The van der Waals surface area contributed by atoms with Crippen LogP contribution in [0, 0.1) is 6.92 Å². The molecule has 4 nitrogen and oxygen atoms in total. The van der Waals surface area contributed by atoms with Crippen LogP contribution >= 0.6 is 0 Å². The van der Waals surface area contributed by atoms with Gasteiger partial charge < -0.3 is 4.74 Å². The number of aryl methyl sites for hydroxylation is 1. The predicted molar refractivity (Wildman–Crippen MR) is 53.8 cm³/mol. The molecule has 1 aromatic heterocycles. The molecule has 0 unspecified atom stereocenters. The van der Waals surface area contributed by atoms with Gasteiger partial charge in [-0.05, 0) is 26.8 Å². The zero-order valence-corrected chi connectivity index (χ0v) is 9.00. The lowest BCUT2D eigenvalue weighted by Crippen LogP contribution is -2.25. The van der Waals surface area contributed by atoms with E-state index < -0.39 is 5.60 Å². The molecule has 0 saturated carbocycles. The maximum atomic E-state index is 5.20. The third kappa shape index (κ3) is 2.02. The van der Waals surface area contributed by atoms with Gasteiger partial charge in [-0.15, -0.1) is 0 Å². The molecule has 0 saturated heterocycles. The summed E-state index contributed by atoms with van der Waals surface area (Å²) in [6.45, 7) is 5.70. The average Bonchev–Trinajstić information content (AvgIpc) is 2.17. The van der Waals surface area contributed by atoms with Gasteiger partial charge in [0.15, 0.2) is 0 Å². The van der Waals surface area contributed by atoms with E-state index in [0.29, 0.717) is 5.88 Å². The highest BCUT2D eigenvalue weighted by Gasteiger charge is 2.21. The monoisotopic (exact) mass is 196 g/mol. The van der Waals surface area contributed by atoms with Crippen LogP contribution in [0.5, 0.6) is 5.88 Å². The SMILES string of the molecule is COc1ncc(C(C)(C)ON)cc1C. The largest absolute Gasteiger partial charge is 0.481 e. The lowest BCUT2D eigenvalue weighted by Gasteiger charge is -2.22. The second-order valence-electron chi connectivity index (χ2n) is 3.68. The zero-order chi connectivity index (χ0) is 10.8. The Hall–Kier alpha value is -1.13. The second-order valence-corrected chi connectivity index (χ2v) is 3.68. The highest BCUT2D eigenvalue weighted by atomic mass is 16.6. The highest BCUT2D eigenvalue weighted by molar-refractivity contribution is 5.31. The van der Waals surface area contributed by atoms with E-state index in [1.807, 2.05) is 26.8 Å². The number of methoxy groups -OCH3 is 1. The molecule has 0 aliphatic heterocycles. The molecule has 1 rings (SSSR count). The lowest BCUT2D eigenvalue weighted by atomic mass is 9.99. The summed E-state index contributed by atoms with van der Waals surface area (Å²) in [5.41, 5.74) is 1.37. The van der Waals surface area contributed by atoms with E-state index in [0.717, 1.165) is 11.1 Å². The van der Waals surface area contributed by atoms with E-state index in [-0.39, 0.29) is 0 Å². The Morgan fingerprint density at radius 2 is 2.07 bits per heavy atom. The molecular weight excluding hydrogens is 180 g/mol. The summed E-state index contributed by atoms with van der Waals surface area (Å²) < 4.78 is 5.06. The van der Waals surface area contributed by atoms with Crippen LogP contribution in [0.4, 0.5) is 0 Å². The van der Waals surface area contributed by atoms with Crippen LogP contribution in [0.25, 0.3) is 0 Å². The quantitative estimate of drug-likeness (QED) is 0.745. The number of rotatable bonds is 3. The first-order chi connectivity index (χ1) is 6.51. The van der Waals surface area contributed by atoms with Crippen molar-refractivity contribution >= 4 is 0 Å². The van der Waals surface area contributed by atoms with Gasteiger partial charge in [0, 0.05) is 17.3 Å². The first-order valence-corrected chi connectivity index (χ1v) is 4.40. The lowest BCUT2D eigenvalue weighted by molar-refractivity contribution is -0.0239. The van der Waals surface area contributed by atoms with Crippen molar-refractivity contribution in [3.05, 3.63) is 23.4 Å². The van der Waals surface area contributed by atoms with Crippen LogP contribution in [0.1, 0.15) is 25.0 Å². The van der Waals surface area contributed by atoms with Crippen LogP contribution in [-0.4, -0.2) is 12.1 Å². The Balaban J connectivity index is 3.08. The summed E-state index contributed by atoms with van der Waals surface area (Å²) >= 11 is 0. The maximum Gasteiger partial charge on any atom is 0.215 e. The Kier molecular flexibility index (Phi) is 3.08. The van der Waals surface area contributed by atoms with Gasteiger partial charge >= 0.3 is 0 Å². The molecule has 2 N–H and O–H groups in total. The minimum atomic E-state index is -0.524. The second kappa shape index (κ2) is 3.94. The number of nitrogens with zero attached hydrogens (tertiary/aromatic N) is 1. The van der Waals surface area contributed by atoms with Crippen molar-refractivity contribution in [2.45, 2.75) is 26.4 Å². The Bertz CT molecular complexity index is 324. The molecule has 0 amide bonds. The molecule has 0 atom stereocenters. The molecule has 0 aliphatic carbocycles. The Morgan fingerprint density at radius 1 is 1.43 bits per heavy atom. The van der Waals surface area contributed by atoms with Gasteiger partial charge in [-0.1, -0.05) is 0 Å². The molecule has 0 aliphatic rings. The topological polar surface area (TPSA) is 57.4 Å². The number of hydrogen-bond acceptors (Lipinski definition) is 4.